The highest BCUT2D eigenvalue weighted by molar-refractivity contribution is 8.00. The second kappa shape index (κ2) is 6.72. The third-order valence-electron chi connectivity index (χ3n) is 2.98. The number of hydrogen-bond acceptors (Lipinski definition) is 3. The fourth-order valence-corrected chi connectivity index (χ4v) is 4.02. The first kappa shape index (κ1) is 13.3. The molecule has 1 nitrogen and oxygen atoms in total. The van der Waals surface area contributed by atoms with E-state index in [2.05, 4.69) is 43.4 Å². The molecule has 1 heterocycles. The van der Waals surface area contributed by atoms with Gasteiger partial charge in [0.2, 0.25) is 0 Å². The Morgan fingerprint density at radius 2 is 2.29 bits per heavy atom. The van der Waals surface area contributed by atoms with E-state index in [1.165, 1.54) is 28.4 Å². The van der Waals surface area contributed by atoms with Gasteiger partial charge >= 0.3 is 0 Å². The molecule has 1 N–H and O–H groups in total. The van der Waals surface area contributed by atoms with E-state index in [4.69, 9.17) is 0 Å². The lowest BCUT2D eigenvalue weighted by Gasteiger charge is -2.16. The van der Waals surface area contributed by atoms with Crippen molar-refractivity contribution >= 4 is 23.5 Å². The fourth-order valence-electron chi connectivity index (χ4n) is 2.05. The highest BCUT2D eigenvalue weighted by atomic mass is 32.2. The van der Waals surface area contributed by atoms with Crippen molar-refractivity contribution in [3.63, 3.8) is 0 Å². The van der Waals surface area contributed by atoms with Gasteiger partial charge in [0.05, 0.1) is 0 Å². The summed E-state index contributed by atoms with van der Waals surface area (Å²) < 4.78 is 0. The quantitative estimate of drug-likeness (QED) is 0.848. The molecule has 1 aromatic carbocycles. The molecule has 0 spiro atoms. The maximum atomic E-state index is 3.65. The summed E-state index contributed by atoms with van der Waals surface area (Å²) in [5.74, 6) is 2.44. The molecule has 2 atom stereocenters. The molecule has 0 saturated heterocycles. The third kappa shape index (κ3) is 3.94. The Labute approximate surface area is 113 Å². The van der Waals surface area contributed by atoms with Crippen LogP contribution in [0.5, 0.6) is 0 Å². The normalized spacial score (nSPS) is 20.2. The van der Waals surface area contributed by atoms with Crippen LogP contribution in [0.3, 0.4) is 0 Å². The Morgan fingerprint density at radius 1 is 1.47 bits per heavy atom. The lowest BCUT2D eigenvalue weighted by atomic mass is 10.1. The van der Waals surface area contributed by atoms with Crippen molar-refractivity contribution in [2.24, 2.45) is 0 Å². The SMILES string of the molecule is CCSCC(C)NCC1Cc2ccccc2S1. The van der Waals surface area contributed by atoms with E-state index in [0.29, 0.717) is 6.04 Å². The summed E-state index contributed by atoms with van der Waals surface area (Å²) in [6.45, 7) is 5.64. The molecule has 0 aromatic heterocycles. The number of thioether (sulfide) groups is 2. The van der Waals surface area contributed by atoms with Crippen LogP contribution in [-0.4, -0.2) is 29.3 Å². The molecule has 1 aliphatic heterocycles. The Morgan fingerprint density at radius 3 is 3.06 bits per heavy atom. The summed E-state index contributed by atoms with van der Waals surface area (Å²) in [6, 6.07) is 9.43. The molecule has 1 aliphatic rings. The second-order valence-electron chi connectivity index (χ2n) is 4.52. The van der Waals surface area contributed by atoms with Gasteiger partial charge in [0.15, 0.2) is 0 Å². The van der Waals surface area contributed by atoms with Crippen LogP contribution in [0.2, 0.25) is 0 Å². The van der Waals surface area contributed by atoms with Gasteiger partial charge in [-0.15, -0.1) is 11.8 Å². The van der Waals surface area contributed by atoms with Crippen LogP contribution in [0, 0.1) is 0 Å². The van der Waals surface area contributed by atoms with Crippen molar-refractivity contribution in [2.45, 2.75) is 36.5 Å². The molecule has 0 aliphatic carbocycles. The first-order chi connectivity index (χ1) is 8.29. The standard InChI is InChI=1S/C14H21NS2/c1-3-16-10-11(2)15-9-13-8-12-6-4-5-7-14(12)17-13/h4-7,11,13,15H,3,8-10H2,1-2H3. The van der Waals surface area contributed by atoms with Crippen molar-refractivity contribution in [1.29, 1.82) is 0 Å². The van der Waals surface area contributed by atoms with E-state index < -0.39 is 0 Å². The van der Waals surface area contributed by atoms with Gasteiger partial charge in [0.1, 0.15) is 0 Å². The Bertz CT molecular complexity index is 329. The molecule has 0 radical (unpaired) electrons. The number of benzene rings is 1. The van der Waals surface area contributed by atoms with Crippen LogP contribution in [-0.2, 0) is 6.42 Å². The van der Waals surface area contributed by atoms with Gasteiger partial charge in [0.25, 0.3) is 0 Å². The molecule has 0 saturated carbocycles. The Kier molecular flexibility index (Phi) is 5.26. The molecule has 0 fully saturated rings. The first-order valence-corrected chi connectivity index (χ1v) is 8.38. The molecule has 2 rings (SSSR count). The monoisotopic (exact) mass is 267 g/mol. The van der Waals surface area contributed by atoms with E-state index >= 15 is 0 Å². The van der Waals surface area contributed by atoms with Crippen LogP contribution in [0.15, 0.2) is 29.2 Å². The van der Waals surface area contributed by atoms with E-state index in [1.54, 1.807) is 0 Å². The van der Waals surface area contributed by atoms with Crippen LogP contribution >= 0.6 is 23.5 Å². The van der Waals surface area contributed by atoms with Crippen molar-refractivity contribution in [3.8, 4) is 0 Å². The first-order valence-electron chi connectivity index (χ1n) is 6.35. The molecule has 2 unspecified atom stereocenters. The van der Waals surface area contributed by atoms with Crippen LogP contribution in [0.1, 0.15) is 19.4 Å². The Balaban J connectivity index is 1.73. The predicted molar refractivity (Wildman–Crippen MR) is 80.3 cm³/mol. The van der Waals surface area contributed by atoms with Gasteiger partial charge in [-0.3, -0.25) is 0 Å². The molecule has 17 heavy (non-hydrogen) atoms. The minimum atomic E-state index is 0.629. The average Bonchev–Trinajstić information content (AvgIpc) is 2.76. The predicted octanol–water partition coefficient (Wildman–Crippen LogP) is 3.43. The van der Waals surface area contributed by atoms with Crippen LogP contribution in [0.4, 0.5) is 0 Å². The molecule has 0 bridgehead atoms. The maximum absolute atomic E-state index is 3.65. The van der Waals surface area contributed by atoms with Gasteiger partial charge < -0.3 is 5.32 Å². The van der Waals surface area contributed by atoms with Crippen molar-refractivity contribution in [3.05, 3.63) is 29.8 Å². The van der Waals surface area contributed by atoms with Crippen molar-refractivity contribution in [2.75, 3.05) is 18.1 Å². The van der Waals surface area contributed by atoms with Gasteiger partial charge in [0, 0.05) is 28.5 Å². The summed E-state index contributed by atoms with van der Waals surface area (Å²) in [5, 5.41) is 4.38. The molecular weight excluding hydrogens is 246 g/mol. The Hall–Kier alpha value is -0.120. The zero-order valence-electron chi connectivity index (χ0n) is 10.6. The fraction of sp³-hybridized carbons (Fsp3) is 0.571. The van der Waals surface area contributed by atoms with E-state index in [1.807, 2.05) is 23.5 Å². The van der Waals surface area contributed by atoms with Crippen molar-refractivity contribution < 1.29 is 0 Å². The van der Waals surface area contributed by atoms with Crippen LogP contribution < -0.4 is 5.32 Å². The topological polar surface area (TPSA) is 12.0 Å². The van der Waals surface area contributed by atoms with Gasteiger partial charge in [-0.05, 0) is 30.7 Å². The summed E-state index contributed by atoms with van der Waals surface area (Å²) in [6.07, 6.45) is 1.22. The molecule has 3 heteroatoms. The molecule has 1 aromatic rings. The van der Waals surface area contributed by atoms with E-state index in [9.17, 15) is 0 Å². The number of rotatable bonds is 6. The molecule has 94 valence electrons. The molecule has 0 amide bonds. The summed E-state index contributed by atoms with van der Waals surface area (Å²) in [4.78, 5) is 1.48. The summed E-state index contributed by atoms with van der Waals surface area (Å²) in [7, 11) is 0. The lowest BCUT2D eigenvalue weighted by molar-refractivity contribution is 0.586. The van der Waals surface area contributed by atoms with Crippen LogP contribution in [0.25, 0.3) is 0 Å². The zero-order valence-corrected chi connectivity index (χ0v) is 12.2. The second-order valence-corrected chi connectivity index (χ2v) is 7.18. The summed E-state index contributed by atoms with van der Waals surface area (Å²) in [5.41, 5.74) is 1.53. The van der Waals surface area contributed by atoms with Gasteiger partial charge in [-0.25, -0.2) is 0 Å². The molecular formula is C14H21NS2. The largest absolute Gasteiger partial charge is 0.312 e. The lowest BCUT2D eigenvalue weighted by Crippen LogP contribution is -2.34. The maximum Gasteiger partial charge on any atom is 0.0260 e. The minimum Gasteiger partial charge on any atom is -0.312 e. The highest BCUT2D eigenvalue weighted by Gasteiger charge is 2.21. The number of fused-ring (bicyclic) bond motifs is 1. The highest BCUT2D eigenvalue weighted by Crippen LogP contribution is 2.36. The van der Waals surface area contributed by atoms with Gasteiger partial charge in [-0.2, -0.15) is 11.8 Å². The summed E-state index contributed by atoms with van der Waals surface area (Å²) >= 11 is 4.05. The van der Waals surface area contributed by atoms with E-state index in [-0.39, 0.29) is 0 Å². The van der Waals surface area contributed by atoms with Crippen molar-refractivity contribution in [1.82, 2.24) is 5.32 Å². The van der Waals surface area contributed by atoms with Gasteiger partial charge in [-0.1, -0.05) is 25.1 Å². The smallest absolute Gasteiger partial charge is 0.0260 e. The minimum absolute atomic E-state index is 0.629. The third-order valence-corrected chi connectivity index (χ3v) is 5.44. The number of hydrogen-bond donors (Lipinski definition) is 1. The number of nitrogens with one attached hydrogen (secondary N) is 1. The average molecular weight is 267 g/mol. The zero-order chi connectivity index (χ0) is 12.1. The van der Waals surface area contributed by atoms with E-state index in [0.717, 1.165) is 11.8 Å².